The summed E-state index contributed by atoms with van der Waals surface area (Å²) in [4.78, 5) is 2.52. The van der Waals surface area contributed by atoms with Gasteiger partial charge in [0.25, 0.3) is 0 Å². The zero-order valence-electron chi connectivity index (χ0n) is 14.3. The van der Waals surface area contributed by atoms with Crippen LogP contribution in [0.5, 0.6) is 0 Å². The monoisotopic (exact) mass is 366 g/mol. The number of nitrogens with two attached hydrogens (primary N) is 1. The highest BCUT2D eigenvalue weighted by atomic mass is 32.1. The maximum atomic E-state index is 12.3. The Kier molecular flexibility index (Phi) is 5.76. The fourth-order valence-corrected chi connectivity index (χ4v) is 3.81. The van der Waals surface area contributed by atoms with E-state index in [1.807, 2.05) is 6.20 Å². The average molecular weight is 366 g/mol. The summed E-state index contributed by atoms with van der Waals surface area (Å²) in [5.41, 5.74) is 8.90. The third-order valence-electron chi connectivity index (χ3n) is 4.91. The van der Waals surface area contributed by atoms with Gasteiger partial charge in [-0.25, -0.2) is 12.9 Å². The number of fused-ring (bicyclic) bond motifs is 1. The molecule has 1 aromatic carbocycles. The number of nitrogens with zero attached hydrogens (tertiary/aromatic N) is 3. The average Bonchev–Trinajstić information content (AvgIpc) is 3.09. The van der Waals surface area contributed by atoms with Gasteiger partial charge in [-0.1, -0.05) is 6.42 Å². The predicted molar refractivity (Wildman–Crippen MR) is 97.2 cm³/mol. The molecule has 1 saturated carbocycles. The van der Waals surface area contributed by atoms with Gasteiger partial charge in [0, 0.05) is 36.9 Å². The van der Waals surface area contributed by atoms with E-state index in [0.29, 0.717) is 17.6 Å². The normalized spacial score (nSPS) is 23.1. The number of halogens is 2. The molecule has 1 aliphatic heterocycles. The summed E-state index contributed by atoms with van der Waals surface area (Å²) < 4.78 is 26.1. The van der Waals surface area contributed by atoms with Gasteiger partial charge < -0.3 is 5.73 Å². The van der Waals surface area contributed by atoms with Gasteiger partial charge in [0.05, 0.1) is 5.69 Å². The van der Waals surface area contributed by atoms with E-state index in [-0.39, 0.29) is 5.82 Å². The molecule has 0 spiro atoms. The van der Waals surface area contributed by atoms with Crippen molar-refractivity contribution in [1.29, 1.82) is 0 Å². The first kappa shape index (κ1) is 18.4. The van der Waals surface area contributed by atoms with E-state index in [0.717, 1.165) is 37.7 Å². The Labute approximate surface area is 152 Å². The Morgan fingerprint density at radius 3 is 2.68 bits per heavy atom. The molecule has 1 aliphatic carbocycles. The first-order chi connectivity index (χ1) is 11.9. The minimum absolute atomic E-state index is 0.343. The van der Waals surface area contributed by atoms with Crippen LogP contribution in [-0.2, 0) is 13.1 Å². The zero-order chi connectivity index (χ0) is 18.0. The quantitative estimate of drug-likeness (QED) is 0.760. The SMILES string of the molecule is Cc1cc(F)ccc1F.NC1CCCC(N2Cc3cn(S)nc3C2)C1. The van der Waals surface area contributed by atoms with Crippen LogP contribution in [0.25, 0.3) is 0 Å². The molecular formula is C18H24F2N4S. The van der Waals surface area contributed by atoms with E-state index >= 15 is 0 Å². The maximum absolute atomic E-state index is 12.3. The second-order valence-corrected chi connectivity index (χ2v) is 7.31. The lowest BCUT2D eigenvalue weighted by atomic mass is 9.91. The van der Waals surface area contributed by atoms with Crippen molar-refractivity contribution < 1.29 is 8.78 Å². The van der Waals surface area contributed by atoms with Crippen LogP contribution < -0.4 is 5.73 Å². The Balaban J connectivity index is 0.000000173. The molecule has 0 radical (unpaired) electrons. The third kappa shape index (κ3) is 4.59. The smallest absolute Gasteiger partial charge is 0.126 e. The summed E-state index contributed by atoms with van der Waals surface area (Å²) in [6.07, 6.45) is 6.91. The third-order valence-corrected chi connectivity index (χ3v) is 5.12. The highest BCUT2D eigenvalue weighted by Gasteiger charge is 2.30. The van der Waals surface area contributed by atoms with E-state index in [4.69, 9.17) is 5.73 Å². The van der Waals surface area contributed by atoms with Crippen LogP contribution in [0.3, 0.4) is 0 Å². The van der Waals surface area contributed by atoms with Gasteiger partial charge in [-0.15, -0.1) is 0 Å². The first-order valence-electron chi connectivity index (χ1n) is 8.60. The highest BCUT2D eigenvalue weighted by Crippen LogP contribution is 2.29. The molecule has 2 aliphatic rings. The second-order valence-electron chi connectivity index (χ2n) is 6.90. The molecule has 2 aromatic rings. The number of hydrogen-bond acceptors (Lipinski definition) is 4. The summed E-state index contributed by atoms with van der Waals surface area (Å²) in [6.45, 7) is 3.52. The van der Waals surface area contributed by atoms with Crippen molar-refractivity contribution in [2.24, 2.45) is 5.73 Å². The largest absolute Gasteiger partial charge is 0.328 e. The van der Waals surface area contributed by atoms with Crippen molar-refractivity contribution in [3.8, 4) is 0 Å². The van der Waals surface area contributed by atoms with Crippen molar-refractivity contribution in [2.45, 2.75) is 57.8 Å². The van der Waals surface area contributed by atoms with E-state index in [1.54, 1.807) is 4.09 Å². The fraction of sp³-hybridized carbons (Fsp3) is 0.500. The molecule has 136 valence electrons. The van der Waals surface area contributed by atoms with Crippen molar-refractivity contribution in [3.05, 3.63) is 52.9 Å². The molecule has 0 bridgehead atoms. The fourth-order valence-electron chi connectivity index (χ4n) is 3.56. The number of benzene rings is 1. The second kappa shape index (κ2) is 7.85. The number of hydrogen-bond donors (Lipinski definition) is 2. The molecule has 4 rings (SSSR count). The molecule has 1 aromatic heterocycles. The molecule has 7 heteroatoms. The van der Waals surface area contributed by atoms with E-state index in [1.165, 1.54) is 37.4 Å². The van der Waals surface area contributed by atoms with Crippen LogP contribution >= 0.6 is 12.8 Å². The van der Waals surface area contributed by atoms with Crippen molar-refractivity contribution >= 4 is 12.8 Å². The van der Waals surface area contributed by atoms with Crippen LogP contribution in [0.4, 0.5) is 8.78 Å². The lowest BCUT2D eigenvalue weighted by Gasteiger charge is -2.33. The topological polar surface area (TPSA) is 47.1 Å². The van der Waals surface area contributed by atoms with E-state index < -0.39 is 5.82 Å². The zero-order valence-corrected chi connectivity index (χ0v) is 15.2. The molecule has 1 fully saturated rings. The summed E-state index contributed by atoms with van der Waals surface area (Å²) in [7, 11) is 0. The van der Waals surface area contributed by atoms with Gasteiger partial charge >= 0.3 is 0 Å². The number of thiol groups is 1. The molecule has 25 heavy (non-hydrogen) atoms. The van der Waals surface area contributed by atoms with Gasteiger partial charge in [-0.2, -0.15) is 5.10 Å². The van der Waals surface area contributed by atoms with Crippen LogP contribution in [0.2, 0.25) is 0 Å². The molecule has 2 unspecified atom stereocenters. The van der Waals surface area contributed by atoms with E-state index in [2.05, 4.69) is 22.8 Å². The molecular weight excluding hydrogens is 342 g/mol. The summed E-state index contributed by atoms with van der Waals surface area (Å²) in [5, 5.41) is 4.36. The number of rotatable bonds is 1. The first-order valence-corrected chi connectivity index (χ1v) is 9.00. The molecule has 4 nitrogen and oxygen atoms in total. The highest BCUT2D eigenvalue weighted by molar-refractivity contribution is 7.78. The van der Waals surface area contributed by atoms with Gasteiger partial charge in [0.15, 0.2) is 0 Å². The lowest BCUT2D eigenvalue weighted by molar-refractivity contribution is 0.145. The minimum atomic E-state index is -0.395. The summed E-state index contributed by atoms with van der Waals surface area (Å²) in [5.74, 6) is -0.759. The molecule has 0 amide bonds. The van der Waals surface area contributed by atoms with Crippen molar-refractivity contribution in [3.63, 3.8) is 0 Å². The standard InChI is InChI=1S/C11H18N4S.C7H6F2/c12-9-2-1-3-10(4-9)14-5-8-6-15(16)13-11(8)7-14;1-5-4-6(8)2-3-7(5)9/h6,9-10,16H,1-5,7,12H2;2-4H,1H3. The number of aromatic nitrogens is 2. The summed E-state index contributed by atoms with van der Waals surface area (Å²) in [6, 6.07) is 4.44. The minimum Gasteiger partial charge on any atom is -0.328 e. The lowest BCUT2D eigenvalue weighted by Crippen LogP contribution is -2.40. The van der Waals surface area contributed by atoms with Crippen molar-refractivity contribution in [1.82, 2.24) is 14.1 Å². The number of aryl methyl sites for hydroxylation is 1. The van der Waals surface area contributed by atoms with Gasteiger partial charge in [-0.05, 0) is 62.8 Å². The van der Waals surface area contributed by atoms with Gasteiger partial charge in [0.2, 0.25) is 0 Å². The molecule has 2 N–H and O–H groups in total. The van der Waals surface area contributed by atoms with Crippen LogP contribution in [-0.4, -0.2) is 26.2 Å². The predicted octanol–water partition coefficient (Wildman–Crippen LogP) is 3.43. The van der Waals surface area contributed by atoms with Crippen LogP contribution in [0.15, 0.2) is 24.4 Å². The Morgan fingerprint density at radius 1 is 1.24 bits per heavy atom. The Bertz CT molecular complexity index is 710. The molecule has 0 saturated heterocycles. The van der Waals surface area contributed by atoms with Gasteiger partial charge in [0.1, 0.15) is 11.6 Å². The Hall–Kier alpha value is -1.44. The molecule has 2 atom stereocenters. The maximum Gasteiger partial charge on any atom is 0.126 e. The molecule has 2 heterocycles. The van der Waals surface area contributed by atoms with Crippen molar-refractivity contribution in [2.75, 3.05) is 0 Å². The Morgan fingerprint density at radius 2 is 2.04 bits per heavy atom. The summed E-state index contributed by atoms with van der Waals surface area (Å²) >= 11 is 4.20. The van der Waals surface area contributed by atoms with Crippen LogP contribution in [0, 0.1) is 18.6 Å². The van der Waals surface area contributed by atoms with Crippen LogP contribution in [0.1, 0.15) is 42.5 Å². The van der Waals surface area contributed by atoms with Gasteiger partial charge in [-0.3, -0.25) is 4.90 Å². The van der Waals surface area contributed by atoms with E-state index in [9.17, 15) is 8.78 Å².